The number of benzene rings is 2. The third-order valence-corrected chi connectivity index (χ3v) is 6.65. The number of anilines is 1. The van der Waals surface area contributed by atoms with E-state index in [0.29, 0.717) is 5.02 Å². The molecule has 0 aromatic heterocycles. The average molecular weight is 429 g/mol. The molecule has 4 nitrogen and oxygen atoms in total. The molecule has 0 saturated carbocycles. The van der Waals surface area contributed by atoms with E-state index in [1.165, 1.54) is 4.42 Å². The van der Waals surface area contributed by atoms with Crippen LogP contribution in [0, 0.1) is 0 Å². The number of nitrogens with zero attached hydrogens (tertiary/aromatic N) is 1. The van der Waals surface area contributed by atoms with Crippen LogP contribution in [0.2, 0.25) is 5.02 Å². The van der Waals surface area contributed by atoms with Crippen molar-refractivity contribution in [2.45, 2.75) is 44.1 Å². The molecule has 2 aromatic carbocycles. The van der Waals surface area contributed by atoms with Gasteiger partial charge in [-0.05, 0) is 42.7 Å². The molecule has 3 unspecified atom stereocenters. The number of carbonyl (C=O) groups excluding carboxylic acids is 2. The summed E-state index contributed by atoms with van der Waals surface area (Å²) in [4.78, 5) is 26.6. The smallest absolute Gasteiger partial charge is 0.238 e. The summed E-state index contributed by atoms with van der Waals surface area (Å²) in [6.07, 6.45) is 2.94. The van der Waals surface area contributed by atoms with E-state index in [1.807, 2.05) is 62.4 Å². The van der Waals surface area contributed by atoms with Crippen LogP contribution in [-0.2, 0) is 15.0 Å². The number of amides is 2. The van der Waals surface area contributed by atoms with E-state index in [1.54, 1.807) is 6.07 Å². The molecule has 2 aliphatic heterocycles. The Bertz CT molecular complexity index is 1020. The van der Waals surface area contributed by atoms with Crippen LogP contribution in [-0.4, -0.2) is 22.3 Å². The number of carbonyl (C=O) groups is 2. The molecular weight excluding hydrogens is 407 g/mol. The van der Waals surface area contributed by atoms with Gasteiger partial charge in [0, 0.05) is 34.8 Å². The maximum absolute atomic E-state index is 13.7. The lowest BCUT2D eigenvalue weighted by atomic mass is 9.59. The zero-order valence-corrected chi connectivity index (χ0v) is 17.8. The van der Waals surface area contributed by atoms with Crippen molar-refractivity contribution in [1.82, 2.24) is 4.42 Å². The van der Waals surface area contributed by atoms with Gasteiger partial charge in [-0.25, -0.2) is 4.42 Å². The summed E-state index contributed by atoms with van der Waals surface area (Å²) in [5.41, 5.74) is 2.35. The molecule has 2 heterocycles. The van der Waals surface area contributed by atoms with Gasteiger partial charge >= 0.3 is 0 Å². The lowest BCUT2D eigenvalue weighted by Crippen LogP contribution is -2.61. The van der Waals surface area contributed by atoms with Crippen LogP contribution in [0.5, 0.6) is 0 Å². The van der Waals surface area contributed by atoms with Gasteiger partial charge in [0.1, 0.15) is 5.41 Å². The van der Waals surface area contributed by atoms with E-state index in [9.17, 15) is 9.59 Å². The van der Waals surface area contributed by atoms with Crippen LogP contribution in [0.4, 0.5) is 5.69 Å². The first-order valence-electron chi connectivity index (χ1n) is 9.72. The van der Waals surface area contributed by atoms with Crippen LogP contribution in [0.3, 0.4) is 0 Å². The second-order valence-corrected chi connectivity index (χ2v) is 8.44. The number of para-hydroxylation sites is 1. The highest BCUT2D eigenvalue weighted by molar-refractivity contribution is 6.30. The molecule has 2 aliphatic rings. The normalized spacial score (nSPS) is 26.6. The van der Waals surface area contributed by atoms with Crippen LogP contribution < -0.4 is 5.32 Å². The summed E-state index contributed by atoms with van der Waals surface area (Å²) < 4.78 is 1.23. The van der Waals surface area contributed by atoms with Gasteiger partial charge in [0.25, 0.3) is 0 Å². The molecule has 1 fully saturated rings. The summed E-state index contributed by atoms with van der Waals surface area (Å²) in [5, 5.41) is 3.61. The fourth-order valence-corrected chi connectivity index (χ4v) is 5.51. The monoisotopic (exact) mass is 428 g/mol. The van der Waals surface area contributed by atoms with Crippen molar-refractivity contribution < 1.29 is 9.59 Å². The first-order chi connectivity index (χ1) is 13.9. The maximum Gasteiger partial charge on any atom is 0.238 e. The van der Waals surface area contributed by atoms with E-state index < -0.39 is 17.4 Å². The molecule has 0 bridgehead atoms. The minimum absolute atomic E-state index is 0.126. The predicted molar refractivity (Wildman–Crippen MR) is 116 cm³/mol. The topological polar surface area (TPSA) is 49.4 Å². The second-order valence-electron chi connectivity index (χ2n) is 7.64. The molecule has 0 radical (unpaired) electrons. The van der Waals surface area contributed by atoms with Gasteiger partial charge in [-0.3, -0.25) is 9.59 Å². The average Bonchev–Trinajstić information content (AvgIpc) is 2.98. The van der Waals surface area contributed by atoms with Crippen molar-refractivity contribution >= 4 is 40.9 Å². The highest BCUT2D eigenvalue weighted by atomic mass is 35.5. The molecule has 2 amide bonds. The molecule has 2 aromatic rings. The van der Waals surface area contributed by atoms with Gasteiger partial charge in [-0.2, -0.15) is 0 Å². The van der Waals surface area contributed by atoms with E-state index in [4.69, 9.17) is 23.4 Å². The Kier molecular flexibility index (Phi) is 5.18. The quantitative estimate of drug-likeness (QED) is 0.523. The molecule has 6 heteroatoms. The Balaban J connectivity index is 2.04. The van der Waals surface area contributed by atoms with Gasteiger partial charge in [0.05, 0.1) is 6.04 Å². The number of halogens is 2. The third-order valence-electron chi connectivity index (χ3n) is 6.03. The van der Waals surface area contributed by atoms with Gasteiger partial charge < -0.3 is 5.32 Å². The zero-order chi connectivity index (χ0) is 20.8. The lowest BCUT2D eigenvalue weighted by molar-refractivity contribution is -0.137. The molecule has 0 aliphatic carbocycles. The molecule has 150 valence electrons. The van der Waals surface area contributed by atoms with Gasteiger partial charge in [0.15, 0.2) is 0 Å². The summed E-state index contributed by atoms with van der Waals surface area (Å²) in [6.45, 7) is 3.96. The van der Waals surface area contributed by atoms with Crippen molar-refractivity contribution in [3.05, 3.63) is 76.3 Å². The molecule has 1 spiro atoms. The summed E-state index contributed by atoms with van der Waals surface area (Å²) >= 11 is 12.9. The van der Waals surface area contributed by atoms with Crippen molar-refractivity contribution in [2.75, 3.05) is 5.32 Å². The number of fused-ring (bicyclic) bond motifs is 2. The Labute approximate surface area is 180 Å². The van der Waals surface area contributed by atoms with E-state index in [0.717, 1.165) is 28.8 Å². The van der Waals surface area contributed by atoms with Crippen molar-refractivity contribution in [3.8, 4) is 0 Å². The molecule has 29 heavy (non-hydrogen) atoms. The largest absolute Gasteiger partial charge is 0.325 e. The summed E-state index contributed by atoms with van der Waals surface area (Å²) in [7, 11) is 0. The highest BCUT2D eigenvalue weighted by Crippen LogP contribution is 2.56. The number of rotatable bonds is 3. The Morgan fingerprint density at radius 2 is 2.00 bits per heavy atom. The SMILES string of the molecule is CCC=C(C)C1N(Cl)C(=O)CC(c2cccc(Cl)c2)C12C(=O)Nc1ccccc12. The molecule has 3 atom stereocenters. The Hall–Kier alpha value is -2.30. The first-order valence-corrected chi connectivity index (χ1v) is 10.4. The van der Waals surface area contributed by atoms with E-state index in [2.05, 4.69) is 5.32 Å². The lowest BCUT2D eigenvalue weighted by Gasteiger charge is -2.49. The fraction of sp³-hybridized carbons (Fsp3) is 0.304. The van der Waals surface area contributed by atoms with Crippen LogP contribution in [0.25, 0.3) is 0 Å². The van der Waals surface area contributed by atoms with E-state index in [-0.39, 0.29) is 18.2 Å². The minimum Gasteiger partial charge on any atom is -0.325 e. The third kappa shape index (κ3) is 2.97. The zero-order valence-electron chi connectivity index (χ0n) is 16.3. The number of hydrogen-bond acceptors (Lipinski definition) is 2. The van der Waals surface area contributed by atoms with Gasteiger partial charge in [-0.1, -0.05) is 60.5 Å². The van der Waals surface area contributed by atoms with Crippen molar-refractivity contribution in [1.29, 1.82) is 0 Å². The minimum atomic E-state index is -1.04. The van der Waals surface area contributed by atoms with Crippen LogP contribution in [0.1, 0.15) is 43.7 Å². The molecule has 1 saturated heterocycles. The highest BCUT2D eigenvalue weighted by Gasteiger charge is 2.63. The Morgan fingerprint density at radius 3 is 2.72 bits per heavy atom. The van der Waals surface area contributed by atoms with Crippen LogP contribution >= 0.6 is 23.4 Å². The maximum atomic E-state index is 13.7. The van der Waals surface area contributed by atoms with Crippen molar-refractivity contribution in [3.63, 3.8) is 0 Å². The summed E-state index contributed by atoms with van der Waals surface area (Å²) in [5.74, 6) is -0.735. The fourth-order valence-electron chi connectivity index (χ4n) is 4.93. The molecule has 1 N–H and O–H groups in total. The second kappa shape index (κ2) is 7.51. The number of allylic oxidation sites excluding steroid dienone is 1. The first kappa shape index (κ1) is 20.0. The number of hydrogen-bond donors (Lipinski definition) is 1. The van der Waals surface area contributed by atoms with Gasteiger partial charge in [0.2, 0.25) is 11.8 Å². The van der Waals surface area contributed by atoms with E-state index >= 15 is 0 Å². The number of nitrogens with one attached hydrogen (secondary N) is 1. The standard InChI is InChI=1S/C23H22Cl2N2O2/c1-3-7-14(2)21-23(17-10-4-5-11-19(17)26-22(23)29)18(13-20(28)27(21)25)15-8-6-9-16(24)12-15/h4-12,18,21H,3,13H2,1-2H3,(H,26,29). The summed E-state index contributed by atoms with van der Waals surface area (Å²) in [6, 6.07) is 14.5. The predicted octanol–water partition coefficient (Wildman–Crippen LogP) is 5.42. The van der Waals surface area contributed by atoms with Crippen molar-refractivity contribution in [2.24, 2.45) is 0 Å². The van der Waals surface area contributed by atoms with Crippen LogP contribution in [0.15, 0.2) is 60.2 Å². The molecule has 4 rings (SSSR count). The Morgan fingerprint density at radius 1 is 1.24 bits per heavy atom. The number of piperidine rings is 1. The van der Waals surface area contributed by atoms with Gasteiger partial charge in [-0.15, -0.1) is 0 Å². The molecular formula is C23H22Cl2N2O2.